The molecule has 130 valence electrons. The number of amides is 1. The van der Waals surface area contributed by atoms with Gasteiger partial charge in [0.2, 0.25) is 5.91 Å². The SMILES string of the molecule is O=C(O)C1CCN1.O=C(O)C1CNC1.O=C1CC[C@@H](C(=O)O)N1. The summed E-state index contributed by atoms with van der Waals surface area (Å²) in [6, 6.07) is -0.891. The van der Waals surface area contributed by atoms with Gasteiger partial charge in [-0.3, -0.25) is 14.4 Å². The normalized spacial score (nSPS) is 25.3. The highest BCUT2D eigenvalue weighted by molar-refractivity contribution is 5.87. The van der Waals surface area contributed by atoms with Gasteiger partial charge in [-0.2, -0.15) is 0 Å². The molecule has 10 heteroatoms. The number of carboxylic acid groups (broad SMARTS) is 3. The molecule has 0 bridgehead atoms. The standard InChI is InChI=1S/C5H7NO3.2C4H7NO2/c7-4-2-1-3(6-4)5(8)9;6-4(7)3-1-5-2-3;6-4(7)3-1-2-5-3/h3H,1-2H2,(H,6,7)(H,8,9);2*3,5H,1-2H2,(H,6,7)/t3-;;/m0../s1. The molecular formula is C13H21N3O7. The molecule has 23 heavy (non-hydrogen) atoms. The minimum atomic E-state index is -0.944. The van der Waals surface area contributed by atoms with Gasteiger partial charge in [0.1, 0.15) is 12.1 Å². The molecule has 1 unspecified atom stereocenters. The van der Waals surface area contributed by atoms with Gasteiger partial charge in [0.15, 0.2) is 0 Å². The van der Waals surface area contributed by atoms with Gasteiger partial charge in [-0.1, -0.05) is 0 Å². The Hall–Kier alpha value is -2.20. The second kappa shape index (κ2) is 9.06. The van der Waals surface area contributed by atoms with E-state index in [4.69, 9.17) is 15.3 Å². The molecule has 0 aromatic heterocycles. The van der Waals surface area contributed by atoms with Gasteiger partial charge >= 0.3 is 17.9 Å². The highest BCUT2D eigenvalue weighted by Gasteiger charge is 2.26. The fraction of sp³-hybridized carbons (Fsp3) is 0.692. The predicted molar refractivity (Wildman–Crippen MR) is 76.8 cm³/mol. The van der Waals surface area contributed by atoms with Crippen LogP contribution < -0.4 is 16.0 Å². The van der Waals surface area contributed by atoms with Gasteiger partial charge < -0.3 is 31.3 Å². The molecule has 10 nitrogen and oxygen atoms in total. The molecule has 0 aromatic rings. The number of hydrogen-bond donors (Lipinski definition) is 6. The van der Waals surface area contributed by atoms with Crippen molar-refractivity contribution in [3.8, 4) is 0 Å². The highest BCUT2D eigenvalue weighted by Crippen LogP contribution is 2.05. The molecule has 2 atom stereocenters. The summed E-state index contributed by atoms with van der Waals surface area (Å²) < 4.78 is 0. The molecule has 0 aliphatic carbocycles. The quantitative estimate of drug-likeness (QED) is 0.345. The second-order valence-corrected chi connectivity index (χ2v) is 5.32. The Bertz CT molecular complexity index is 436. The van der Waals surface area contributed by atoms with E-state index in [1.54, 1.807) is 0 Å². The molecular weight excluding hydrogens is 310 g/mol. The van der Waals surface area contributed by atoms with Crippen LogP contribution in [0.3, 0.4) is 0 Å². The summed E-state index contributed by atoms with van der Waals surface area (Å²) in [5, 5.41) is 32.6. The van der Waals surface area contributed by atoms with Gasteiger partial charge in [-0.25, -0.2) is 4.79 Å². The fourth-order valence-corrected chi connectivity index (χ4v) is 1.76. The topological polar surface area (TPSA) is 165 Å². The number of rotatable bonds is 3. The van der Waals surface area contributed by atoms with Crippen LogP contribution >= 0.6 is 0 Å². The average Bonchev–Trinajstić information content (AvgIpc) is 2.71. The smallest absolute Gasteiger partial charge is 0.326 e. The zero-order chi connectivity index (χ0) is 17.4. The number of carbonyl (C=O) groups excluding carboxylic acids is 1. The van der Waals surface area contributed by atoms with Crippen molar-refractivity contribution in [2.75, 3.05) is 19.6 Å². The van der Waals surface area contributed by atoms with Crippen LogP contribution in [0.4, 0.5) is 0 Å². The van der Waals surface area contributed by atoms with E-state index in [2.05, 4.69) is 16.0 Å². The number of nitrogens with one attached hydrogen (secondary N) is 3. The lowest BCUT2D eigenvalue weighted by molar-refractivity contribution is -0.143. The largest absolute Gasteiger partial charge is 0.481 e. The molecule has 3 fully saturated rings. The Morgan fingerprint density at radius 3 is 1.57 bits per heavy atom. The summed E-state index contributed by atoms with van der Waals surface area (Å²) in [5.74, 6) is -2.63. The van der Waals surface area contributed by atoms with Crippen LogP contribution in [-0.4, -0.2) is 70.9 Å². The maximum atomic E-state index is 10.4. The fourth-order valence-electron chi connectivity index (χ4n) is 1.76. The minimum absolute atomic E-state index is 0.111. The number of carboxylic acids is 3. The molecule has 6 N–H and O–H groups in total. The summed E-state index contributed by atoms with van der Waals surface area (Å²) in [6.45, 7) is 2.15. The van der Waals surface area contributed by atoms with E-state index in [9.17, 15) is 19.2 Å². The summed E-state index contributed by atoms with van der Waals surface area (Å²) in [5.41, 5.74) is 0. The lowest BCUT2D eigenvalue weighted by atomic mass is 10.1. The third kappa shape index (κ3) is 6.61. The molecule has 3 heterocycles. The molecule has 0 aromatic carbocycles. The molecule has 0 radical (unpaired) electrons. The molecule has 3 rings (SSSR count). The first kappa shape index (κ1) is 18.8. The third-order valence-corrected chi connectivity index (χ3v) is 3.55. The van der Waals surface area contributed by atoms with E-state index in [1.165, 1.54) is 0 Å². The van der Waals surface area contributed by atoms with Crippen molar-refractivity contribution in [2.45, 2.75) is 31.3 Å². The lowest BCUT2D eigenvalue weighted by Gasteiger charge is -2.22. The van der Waals surface area contributed by atoms with Gasteiger partial charge in [-0.15, -0.1) is 0 Å². The van der Waals surface area contributed by atoms with Gasteiger partial charge in [0.25, 0.3) is 0 Å². The molecule has 3 aliphatic heterocycles. The number of aliphatic carboxylic acids is 3. The Kier molecular flexibility index (Phi) is 7.42. The van der Waals surface area contributed by atoms with E-state index in [-0.39, 0.29) is 17.9 Å². The lowest BCUT2D eigenvalue weighted by Crippen LogP contribution is -2.48. The zero-order valence-corrected chi connectivity index (χ0v) is 12.4. The first-order chi connectivity index (χ1) is 10.8. The number of hydrogen-bond acceptors (Lipinski definition) is 6. The van der Waals surface area contributed by atoms with Gasteiger partial charge in [0.05, 0.1) is 5.92 Å². The Morgan fingerprint density at radius 2 is 1.48 bits per heavy atom. The van der Waals surface area contributed by atoms with Crippen molar-refractivity contribution in [1.82, 2.24) is 16.0 Å². The van der Waals surface area contributed by atoms with Crippen LogP contribution in [0.15, 0.2) is 0 Å². The van der Waals surface area contributed by atoms with Crippen LogP contribution in [0.5, 0.6) is 0 Å². The Labute approximate surface area is 132 Å². The second-order valence-electron chi connectivity index (χ2n) is 5.32. The summed E-state index contributed by atoms with van der Waals surface area (Å²) in [4.78, 5) is 40.4. The first-order valence-corrected chi connectivity index (χ1v) is 7.23. The Balaban J connectivity index is 0.000000175. The highest BCUT2D eigenvalue weighted by atomic mass is 16.4. The monoisotopic (exact) mass is 331 g/mol. The predicted octanol–water partition coefficient (Wildman–Crippen LogP) is -1.93. The van der Waals surface area contributed by atoms with Crippen LogP contribution in [0.25, 0.3) is 0 Å². The summed E-state index contributed by atoms with van der Waals surface area (Å²) in [7, 11) is 0. The maximum absolute atomic E-state index is 10.4. The molecule has 0 saturated carbocycles. The molecule has 3 saturated heterocycles. The third-order valence-electron chi connectivity index (χ3n) is 3.55. The van der Waals surface area contributed by atoms with E-state index < -0.39 is 23.9 Å². The number of carbonyl (C=O) groups is 4. The summed E-state index contributed by atoms with van der Waals surface area (Å²) >= 11 is 0. The van der Waals surface area contributed by atoms with E-state index in [1.807, 2.05) is 0 Å². The van der Waals surface area contributed by atoms with Crippen molar-refractivity contribution >= 4 is 23.8 Å². The summed E-state index contributed by atoms with van der Waals surface area (Å²) in [6.07, 6.45) is 1.56. The van der Waals surface area contributed by atoms with Crippen molar-refractivity contribution in [2.24, 2.45) is 5.92 Å². The zero-order valence-electron chi connectivity index (χ0n) is 12.4. The van der Waals surface area contributed by atoms with Crippen LogP contribution in [0.2, 0.25) is 0 Å². The van der Waals surface area contributed by atoms with Crippen LogP contribution in [0.1, 0.15) is 19.3 Å². The van der Waals surface area contributed by atoms with Crippen molar-refractivity contribution in [3.63, 3.8) is 0 Å². The van der Waals surface area contributed by atoms with Gasteiger partial charge in [-0.05, 0) is 19.4 Å². The van der Waals surface area contributed by atoms with Crippen LogP contribution in [-0.2, 0) is 19.2 Å². The van der Waals surface area contributed by atoms with Crippen molar-refractivity contribution < 1.29 is 34.5 Å². The van der Waals surface area contributed by atoms with Gasteiger partial charge in [0, 0.05) is 19.5 Å². The average molecular weight is 331 g/mol. The van der Waals surface area contributed by atoms with Crippen LogP contribution in [0, 0.1) is 5.92 Å². The van der Waals surface area contributed by atoms with Crippen molar-refractivity contribution in [1.29, 1.82) is 0 Å². The molecule has 3 aliphatic rings. The van der Waals surface area contributed by atoms with E-state index >= 15 is 0 Å². The maximum Gasteiger partial charge on any atom is 0.326 e. The molecule has 0 spiro atoms. The van der Waals surface area contributed by atoms with E-state index in [0.717, 1.165) is 13.0 Å². The van der Waals surface area contributed by atoms with E-state index in [0.29, 0.717) is 25.9 Å². The molecule has 1 amide bonds. The Morgan fingerprint density at radius 1 is 0.913 bits per heavy atom. The van der Waals surface area contributed by atoms with Crippen molar-refractivity contribution in [3.05, 3.63) is 0 Å². The first-order valence-electron chi connectivity index (χ1n) is 7.23. The minimum Gasteiger partial charge on any atom is -0.481 e.